The van der Waals surface area contributed by atoms with Gasteiger partial charge in [0, 0.05) is 12.1 Å². The molecule has 2 heterocycles. The first kappa shape index (κ1) is 15.6. The van der Waals surface area contributed by atoms with Crippen LogP contribution in [0, 0.1) is 5.82 Å². The van der Waals surface area contributed by atoms with Crippen molar-refractivity contribution in [2.75, 3.05) is 6.54 Å². The lowest BCUT2D eigenvalue weighted by molar-refractivity contribution is 0.0736. The van der Waals surface area contributed by atoms with Gasteiger partial charge in [0.1, 0.15) is 5.82 Å². The summed E-state index contributed by atoms with van der Waals surface area (Å²) in [7, 11) is 0. The number of carbonyl (C=O) groups is 1. The minimum Gasteiger partial charge on any atom is -0.331 e. The summed E-state index contributed by atoms with van der Waals surface area (Å²) in [5, 5.41) is 6.87. The molecular weight excluding hydrogens is 317 g/mol. The number of H-pyrrole nitrogens is 1. The van der Waals surface area contributed by atoms with Gasteiger partial charge in [-0.2, -0.15) is 5.10 Å². The zero-order chi connectivity index (χ0) is 17.2. The Bertz CT molecular complexity index is 891. The maximum Gasteiger partial charge on any atom is 0.258 e. The first-order valence-electron chi connectivity index (χ1n) is 8.39. The second-order valence-corrected chi connectivity index (χ2v) is 6.24. The Labute approximate surface area is 145 Å². The van der Waals surface area contributed by atoms with Crippen LogP contribution in [0.15, 0.2) is 60.8 Å². The monoisotopic (exact) mass is 335 g/mol. The zero-order valence-corrected chi connectivity index (χ0v) is 13.7. The molecular formula is C20H18FN3O. The van der Waals surface area contributed by atoms with Crippen LogP contribution < -0.4 is 0 Å². The molecule has 1 aliphatic rings. The van der Waals surface area contributed by atoms with Gasteiger partial charge in [0.25, 0.3) is 5.91 Å². The van der Waals surface area contributed by atoms with E-state index in [0.29, 0.717) is 23.4 Å². The molecule has 1 aromatic heterocycles. The Kier molecular flexibility index (Phi) is 4.06. The third kappa shape index (κ3) is 2.93. The fourth-order valence-electron chi connectivity index (χ4n) is 3.50. The van der Waals surface area contributed by atoms with Crippen LogP contribution in [0.1, 0.15) is 34.8 Å². The number of nitrogens with zero attached hydrogens (tertiary/aromatic N) is 2. The topological polar surface area (TPSA) is 49.0 Å². The van der Waals surface area contributed by atoms with Crippen LogP contribution in [0.2, 0.25) is 0 Å². The number of likely N-dealkylation sites (tertiary alicyclic amines) is 1. The molecule has 1 aliphatic heterocycles. The lowest BCUT2D eigenvalue weighted by atomic mass is 10.0. The fourth-order valence-corrected chi connectivity index (χ4v) is 3.50. The van der Waals surface area contributed by atoms with Crippen molar-refractivity contribution >= 4 is 5.91 Å². The lowest BCUT2D eigenvalue weighted by Crippen LogP contribution is -2.30. The van der Waals surface area contributed by atoms with Crippen molar-refractivity contribution in [3.63, 3.8) is 0 Å². The maximum absolute atomic E-state index is 13.5. The number of aromatic nitrogens is 2. The van der Waals surface area contributed by atoms with Crippen molar-refractivity contribution in [2.24, 2.45) is 0 Å². The molecule has 1 amide bonds. The summed E-state index contributed by atoms with van der Waals surface area (Å²) in [5.74, 6) is -0.409. The predicted octanol–water partition coefficient (Wildman–Crippen LogP) is 4.19. The second kappa shape index (κ2) is 6.51. The smallest absolute Gasteiger partial charge is 0.258 e. The largest absolute Gasteiger partial charge is 0.331 e. The summed E-state index contributed by atoms with van der Waals surface area (Å²) in [4.78, 5) is 15.0. The number of carbonyl (C=O) groups excluding carboxylic acids is 1. The number of nitrogens with one attached hydrogen (secondary N) is 1. The van der Waals surface area contributed by atoms with Crippen LogP contribution in [0.4, 0.5) is 4.39 Å². The lowest BCUT2D eigenvalue weighted by Gasteiger charge is -2.25. The predicted molar refractivity (Wildman–Crippen MR) is 93.4 cm³/mol. The fraction of sp³-hybridized carbons (Fsp3) is 0.200. The number of halogens is 1. The number of benzene rings is 2. The molecule has 0 bridgehead atoms. The highest BCUT2D eigenvalue weighted by atomic mass is 19.1. The standard InChI is InChI=1S/C20H18FN3O/c21-16-9-4-8-15(12-16)19-17(13-22-23-19)20(25)24-11-5-10-18(24)14-6-2-1-3-7-14/h1-4,6-9,12-13,18H,5,10-11H2,(H,22,23). The first-order valence-corrected chi connectivity index (χ1v) is 8.39. The van der Waals surface area contributed by atoms with Crippen molar-refractivity contribution in [1.29, 1.82) is 0 Å². The van der Waals surface area contributed by atoms with Gasteiger partial charge in [-0.1, -0.05) is 42.5 Å². The average molecular weight is 335 g/mol. The van der Waals surface area contributed by atoms with Crippen molar-refractivity contribution in [3.05, 3.63) is 77.7 Å². The average Bonchev–Trinajstić information content (AvgIpc) is 3.31. The summed E-state index contributed by atoms with van der Waals surface area (Å²) >= 11 is 0. The van der Waals surface area contributed by atoms with Crippen molar-refractivity contribution in [3.8, 4) is 11.3 Å². The Morgan fingerprint density at radius 1 is 1.16 bits per heavy atom. The van der Waals surface area contributed by atoms with Crippen molar-refractivity contribution < 1.29 is 9.18 Å². The van der Waals surface area contributed by atoms with Gasteiger partial charge in [-0.15, -0.1) is 0 Å². The van der Waals surface area contributed by atoms with Crippen LogP contribution in [0.3, 0.4) is 0 Å². The molecule has 5 heteroatoms. The molecule has 0 saturated carbocycles. The van der Waals surface area contributed by atoms with Gasteiger partial charge in [0.2, 0.25) is 0 Å². The van der Waals surface area contributed by atoms with Crippen molar-refractivity contribution in [1.82, 2.24) is 15.1 Å². The number of amides is 1. The summed E-state index contributed by atoms with van der Waals surface area (Å²) in [6.45, 7) is 0.714. The third-order valence-electron chi connectivity index (χ3n) is 4.68. The van der Waals surface area contributed by atoms with Gasteiger partial charge in [-0.05, 0) is 30.5 Å². The van der Waals surface area contributed by atoms with E-state index in [9.17, 15) is 9.18 Å². The molecule has 0 spiro atoms. The van der Waals surface area contributed by atoms with E-state index in [0.717, 1.165) is 18.4 Å². The molecule has 1 unspecified atom stereocenters. The van der Waals surface area contributed by atoms with Crippen LogP contribution in [0.5, 0.6) is 0 Å². The highest BCUT2D eigenvalue weighted by Crippen LogP contribution is 2.34. The summed E-state index contributed by atoms with van der Waals surface area (Å²) in [5.41, 5.74) is 2.80. The van der Waals surface area contributed by atoms with Crippen LogP contribution in [0.25, 0.3) is 11.3 Å². The van der Waals surface area contributed by atoms with E-state index in [4.69, 9.17) is 0 Å². The van der Waals surface area contributed by atoms with Crippen molar-refractivity contribution in [2.45, 2.75) is 18.9 Å². The SMILES string of the molecule is O=C(c1cn[nH]c1-c1cccc(F)c1)N1CCCC1c1ccccc1. The molecule has 1 N–H and O–H groups in total. The van der Waals surface area contributed by atoms with Gasteiger partial charge in [-0.3, -0.25) is 9.89 Å². The Morgan fingerprint density at radius 3 is 2.80 bits per heavy atom. The molecule has 0 radical (unpaired) electrons. The van der Waals surface area contributed by atoms with Gasteiger partial charge in [0.05, 0.1) is 23.5 Å². The minimum atomic E-state index is -0.339. The van der Waals surface area contributed by atoms with Gasteiger partial charge < -0.3 is 4.90 Å². The number of hydrogen-bond acceptors (Lipinski definition) is 2. The summed E-state index contributed by atoms with van der Waals surface area (Å²) in [6, 6.07) is 16.3. The van der Waals surface area contributed by atoms with E-state index in [2.05, 4.69) is 22.3 Å². The number of rotatable bonds is 3. The van der Waals surface area contributed by atoms with Crippen LogP contribution >= 0.6 is 0 Å². The molecule has 2 aromatic carbocycles. The molecule has 126 valence electrons. The molecule has 1 atom stereocenters. The normalized spacial score (nSPS) is 17.0. The van der Waals surface area contributed by atoms with Crippen LogP contribution in [-0.4, -0.2) is 27.5 Å². The molecule has 1 saturated heterocycles. The first-order chi connectivity index (χ1) is 12.2. The van der Waals surface area contributed by atoms with E-state index in [1.165, 1.54) is 18.3 Å². The molecule has 4 rings (SSSR count). The highest BCUT2D eigenvalue weighted by Gasteiger charge is 2.32. The summed E-state index contributed by atoms with van der Waals surface area (Å²) < 4.78 is 13.5. The summed E-state index contributed by atoms with van der Waals surface area (Å²) in [6.07, 6.45) is 3.45. The molecule has 25 heavy (non-hydrogen) atoms. The Hall–Kier alpha value is -2.95. The highest BCUT2D eigenvalue weighted by molar-refractivity contribution is 6.00. The van der Waals surface area contributed by atoms with E-state index >= 15 is 0 Å². The molecule has 4 nitrogen and oxygen atoms in total. The van der Waals surface area contributed by atoms with E-state index in [-0.39, 0.29) is 17.8 Å². The number of hydrogen-bond donors (Lipinski definition) is 1. The Balaban J connectivity index is 1.67. The zero-order valence-electron chi connectivity index (χ0n) is 13.7. The molecule has 3 aromatic rings. The Morgan fingerprint density at radius 2 is 2.00 bits per heavy atom. The van der Waals surface area contributed by atoms with Gasteiger partial charge in [-0.25, -0.2) is 4.39 Å². The quantitative estimate of drug-likeness (QED) is 0.780. The van der Waals surface area contributed by atoms with Gasteiger partial charge >= 0.3 is 0 Å². The maximum atomic E-state index is 13.5. The third-order valence-corrected chi connectivity index (χ3v) is 4.68. The second-order valence-electron chi connectivity index (χ2n) is 6.24. The number of aromatic amines is 1. The van der Waals surface area contributed by atoms with E-state index in [1.807, 2.05) is 23.1 Å². The van der Waals surface area contributed by atoms with Crippen LogP contribution in [-0.2, 0) is 0 Å². The van der Waals surface area contributed by atoms with E-state index in [1.54, 1.807) is 12.1 Å². The molecule has 1 fully saturated rings. The molecule has 0 aliphatic carbocycles. The van der Waals surface area contributed by atoms with E-state index < -0.39 is 0 Å². The van der Waals surface area contributed by atoms with Gasteiger partial charge in [0.15, 0.2) is 0 Å². The minimum absolute atomic E-state index is 0.0700.